The maximum Gasteiger partial charge on any atom is 0.305 e. The van der Waals surface area contributed by atoms with E-state index in [4.69, 9.17) is 28.4 Å². The van der Waals surface area contributed by atoms with Gasteiger partial charge in [0.1, 0.15) is 12.7 Å². The Kier molecular flexibility index (Phi) is 8.16. The fraction of sp³-hybridized carbons (Fsp3) is 0.688. The van der Waals surface area contributed by atoms with Crippen molar-refractivity contribution in [2.45, 2.75) is 65.3 Å². The van der Waals surface area contributed by atoms with Crippen LogP contribution in [0.1, 0.15) is 34.6 Å². The summed E-state index contributed by atoms with van der Waals surface area (Å²) in [4.78, 5) is 57.0. The van der Waals surface area contributed by atoms with Crippen LogP contribution >= 0.6 is 0 Å². The summed E-state index contributed by atoms with van der Waals surface area (Å²) < 4.78 is 30.8. The molecule has 1 aliphatic heterocycles. The second-order valence-electron chi connectivity index (χ2n) is 5.68. The molecule has 1 saturated heterocycles. The minimum atomic E-state index is -1.48. The molecule has 0 aromatic carbocycles. The van der Waals surface area contributed by atoms with Crippen molar-refractivity contribution in [2.24, 2.45) is 0 Å². The highest BCUT2D eigenvalue weighted by molar-refractivity contribution is 5.69. The first-order valence-electron chi connectivity index (χ1n) is 7.99. The van der Waals surface area contributed by atoms with Gasteiger partial charge in [0.25, 0.3) is 0 Å². The van der Waals surface area contributed by atoms with Crippen molar-refractivity contribution in [3.05, 3.63) is 0 Å². The van der Waals surface area contributed by atoms with Gasteiger partial charge in [-0.05, 0) is 0 Å². The van der Waals surface area contributed by atoms with E-state index in [1.54, 1.807) is 0 Å². The molecular weight excluding hydrogens is 368 g/mol. The van der Waals surface area contributed by atoms with E-state index in [1.807, 2.05) is 0 Å². The van der Waals surface area contributed by atoms with Gasteiger partial charge in [-0.2, -0.15) is 0 Å². The summed E-state index contributed by atoms with van der Waals surface area (Å²) in [6, 6.07) is 0. The Bertz CT molecular complexity index is 599. The first-order chi connectivity index (χ1) is 12.5. The van der Waals surface area contributed by atoms with Gasteiger partial charge in [0.05, 0.1) is 0 Å². The Morgan fingerprint density at radius 2 is 1.07 bits per heavy atom. The van der Waals surface area contributed by atoms with Crippen LogP contribution in [0.5, 0.6) is 0 Å². The van der Waals surface area contributed by atoms with E-state index in [2.05, 4.69) is 0 Å². The third-order valence-electron chi connectivity index (χ3n) is 3.23. The maximum absolute atomic E-state index is 11.5. The lowest BCUT2D eigenvalue weighted by molar-refractivity contribution is -0.300. The van der Waals surface area contributed by atoms with Crippen LogP contribution in [0.2, 0.25) is 0 Å². The zero-order valence-electron chi connectivity index (χ0n) is 15.6. The van der Waals surface area contributed by atoms with E-state index < -0.39 is 67.2 Å². The molecule has 5 atom stereocenters. The Balaban J connectivity index is 3.29. The van der Waals surface area contributed by atoms with Crippen LogP contribution in [-0.2, 0) is 52.4 Å². The van der Waals surface area contributed by atoms with Crippen molar-refractivity contribution in [2.75, 3.05) is 6.61 Å². The molecule has 0 radical (unpaired) electrons. The normalized spacial score (nSPS) is 27.1. The van der Waals surface area contributed by atoms with Gasteiger partial charge in [-0.25, -0.2) is 0 Å². The minimum absolute atomic E-state index is 0.393. The van der Waals surface area contributed by atoms with Crippen molar-refractivity contribution in [1.29, 1.82) is 0 Å². The number of carbonyl (C=O) groups excluding carboxylic acids is 5. The molecule has 1 aliphatic rings. The maximum atomic E-state index is 11.5. The Morgan fingerprint density at radius 1 is 0.630 bits per heavy atom. The molecule has 0 bridgehead atoms. The van der Waals surface area contributed by atoms with Gasteiger partial charge < -0.3 is 28.4 Å². The molecule has 0 aliphatic carbocycles. The van der Waals surface area contributed by atoms with Crippen molar-refractivity contribution in [3.63, 3.8) is 0 Å². The number of carbonyl (C=O) groups is 5. The summed E-state index contributed by atoms with van der Waals surface area (Å²) in [7, 11) is 0. The van der Waals surface area contributed by atoms with Crippen LogP contribution in [0, 0.1) is 0 Å². The predicted octanol–water partition coefficient (Wildman–Crippen LogP) is -0.367. The molecule has 11 nitrogen and oxygen atoms in total. The molecule has 11 heteroatoms. The fourth-order valence-electron chi connectivity index (χ4n) is 2.45. The highest BCUT2D eigenvalue weighted by Gasteiger charge is 2.53. The molecule has 0 aromatic rings. The molecule has 1 fully saturated rings. The number of hydrogen-bond acceptors (Lipinski definition) is 11. The van der Waals surface area contributed by atoms with Crippen LogP contribution in [-0.4, -0.2) is 67.2 Å². The molecule has 1 rings (SSSR count). The van der Waals surface area contributed by atoms with E-state index in [1.165, 1.54) is 0 Å². The second kappa shape index (κ2) is 9.86. The third-order valence-corrected chi connectivity index (χ3v) is 3.23. The summed E-state index contributed by atoms with van der Waals surface area (Å²) in [5.41, 5.74) is 0. The number of esters is 5. The largest absolute Gasteiger partial charge is 0.463 e. The summed E-state index contributed by atoms with van der Waals surface area (Å²) in [6.45, 7) is 5.13. The Labute approximate surface area is 155 Å². The molecular formula is C16H22O11. The second-order valence-corrected chi connectivity index (χ2v) is 5.68. The standard InChI is InChI=1S/C16H22O11/c1-7(17)22-6-12-13(23-8(2)18)14(24-9(3)19)15(25-10(4)20)16(27-12)26-11(5)21/h12-16H,6H2,1-5H3/t12?,13-,14?,15?,16+/m0/s1. The summed E-state index contributed by atoms with van der Waals surface area (Å²) in [5, 5.41) is 0. The Morgan fingerprint density at radius 3 is 1.52 bits per heavy atom. The molecule has 0 aromatic heterocycles. The van der Waals surface area contributed by atoms with Crippen LogP contribution < -0.4 is 0 Å². The van der Waals surface area contributed by atoms with Gasteiger partial charge in [-0.1, -0.05) is 0 Å². The zero-order valence-corrected chi connectivity index (χ0v) is 15.6. The zero-order chi connectivity index (χ0) is 20.7. The molecule has 0 spiro atoms. The van der Waals surface area contributed by atoms with E-state index in [0.29, 0.717) is 0 Å². The lowest BCUT2D eigenvalue weighted by Crippen LogP contribution is -2.63. The van der Waals surface area contributed by atoms with Gasteiger partial charge in [-0.3, -0.25) is 24.0 Å². The lowest BCUT2D eigenvalue weighted by Gasteiger charge is -2.43. The molecule has 1 heterocycles. The first-order valence-corrected chi connectivity index (χ1v) is 7.99. The van der Waals surface area contributed by atoms with Crippen molar-refractivity contribution in [3.8, 4) is 0 Å². The average Bonchev–Trinajstić information content (AvgIpc) is 2.49. The summed E-state index contributed by atoms with van der Waals surface area (Å²) in [6.07, 6.45) is -6.70. The van der Waals surface area contributed by atoms with E-state index in [9.17, 15) is 24.0 Å². The molecule has 3 unspecified atom stereocenters. The van der Waals surface area contributed by atoms with E-state index in [-0.39, 0.29) is 0 Å². The number of rotatable bonds is 6. The van der Waals surface area contributed by atoms with Gasteiger partial charge in [-0.15, -0.1) is 0 Å². The van der Waals surface area contributed by atoms with Crippen LogP contribution in [0.3, 0.4) is 0 Å². The van der Waals surface area contributed by atoms with Crippen LogP contribution in [0.15, 0.2) is 0 Å². The first kappa shape index (κ1) is 22.4. The van der Waals surface area contributed by atoms with Gasteiger partial charge in [0, 0.05) is 34.6 Å². The molecule has 152 valence electrons. The predicted molar refractivity (Wildman–Crippen MR) is 83.7 cm³/mol. The average molecular weight is 390 g/mol. The summed E-state index contributed by atoms with van der Waals surface area (Å²) >= 11 is 0. The topological polar surface area (TPSA) is 141 Å². The molecule has 0 N–H and O–H groups in total. The van der Waals surface area contributed by atoms with E-state index in [0.717, 1.165) is 34.6 Å². The fourth-order valence-corrected chi connectivity index (χ4v) is 2.45. The highest BCUT2D eigenvalue weighted by atomic mass is 16.7. The quantitative estimate of drug-likeness (QED) is 0.433. The SMILES string of the molecule is CC(=O)OCC1O[C@@H](OC(C)=O)C(OC(C)=O)C(OC(C)=O)[C@H]1OC(C)=O. The third kappa shape index (κ3) is 7.21. The van der Waals surface area contributed by atoms with Crippen LogP contribution in [0.25, 0.3) is 0 Å². The van der Waals surface area contributed by atoms with Crippen LogP contribution in [0.4, 0.5) is 0 Å². The number of ether oxygens (including phenoxy) is 6. The van der Waals surface area contributed by atoms with Crippen molar-refractivity contribution < 1.29 is 52.4 Å². The van der Waals surface area contributed by atoms with Gasteiger partial charge >= 0.3 is 29.8 Å². The minimum Gasteiger partial charge on any atom is -0.463 e. The van der Waals surface area contributed by atoms with Crippen molar-refractivity contribution >= 4 is 29.8 Å². The van der Waals surface area contributed by atoms with Crippen molar-refractivity contribution in [1.82, 2.24) is 0 Å². The van der Waals surface area contributed by atoms with E-state index >= 15 is 0 Å². The van der Waals surface area contributed by atoms with Gasteiger partial charge in [0.15, 0.2) is 12.2 Å². The van der Waals surface area contributed by atoms with Gasteiger partial charge in [0.2, 0.25) is 12.4 Å². The molecule has 0 amide bonds. The monoisotopic (exact) mass is 390 g/mol. The highest BCUT2D eigenvalue weighted by Crippen LogP contribution is 2.29. The summed E-state index contributed by atoms with van der Waals surface area (Å²) in [5.74, 6) is -3.71. The smallest absolute Gasteiger partial charge is 0.305 e. The Hall–Kier alpha value is -2.69. The molecule has 27 heavy (non-hydrogen) atoms. The lowest BCUT2D eigenvalue weighted by atomic mass is 9.98. The number of hydrogen-bond donors (Lipinski definition) is 0. The molecule has 0 saturated carbocycles.